The van der Waals surface area contributed by atoms with Crippen LogP contribution < -0.4 is 10.5 Å². The zero-order valence-corrected chi connectivity index (χ0v) is 10.3. The summed E-state index contributed by atoms with van der Waals surface area (Å²) in [4.78, 5) is 0. The molecule has 2 nitrogen and oxygen atoms in total. The van der Waals surface area contributed by atoms with Crippen LogP contribution in [0.15, 0.2) is 16.6 Å². The molecule has 0 amide bonds. The molecular weight excluding hydrogens is 261 g/mol. The molecule has 1 aromatic rings. The molecule has 1 rings (SSSR count). The third kappa shape index (κ3) is 3.18. The summed E-state index contributed by atoms with van der Waals surface area (Å²) in [7, 11) is 0. The molecule has 0 radical (unpaired) electrons. The van der Waals surface area contributed by atoms with E-state index in [2.05, 4.69) is 15.9 Å². The van der Waals surface area contributed by atoms with Crippen molar-refractivity contribution in [1.82, 2.24) is 0 Å². The Morgan fingerprint density at radius 2 is 2.20 bits per heavy atom. The predicted octanol–water partition coefficient (Wildman–Crippen LogP) is 2.88. The van der Waals surface area contributed by atoms with E-state index in [0.717, 1.165) is 10.9 Å². The van der Waals surface area contributed by atoms with Crippen molar-refractivity contribution in [2.24, 2.45) is 5.73 Å². The Bertz CT molecular complexity index is 331. The molecule has 0 aromatic heterocycles. The van der Waals surface area contributed by atoms with Crippen molar-refractivity contribution < 1.29 is 9.13 Å². The Morgan fingerprint density at radius 1 is 1.47 bits per heavy atom. The van der Waals surface area contributed by atoms with Crippen molar-refractivity contribution >= 4 is 15.9 Å². The monoisotopic (exact) mass is 275 g/mol. The van der Waals surface area contributed by atoms with Gasteiger partial charge in [0.1, 0.15) is 11.6 Å². The molecule has 0 aliphatic heterocycles. The highest BCUT2D eigenvalue weighted by Gasteiger charge is 2.12. The van der Waals surface area contributed by atoms with E-state index in [4.69, 9.17) is 10.5 Å². The largest absolute Gasteiger partial charge is 0.492 e. The number of hydrogen-bond donors (Lipinski definition) is 1. The Hall–Kier alpha value is -0.610. The van der Waals surface area contributed by atoms with Gasteiger partial charge in [-0.05, 0) is 54.4 Å². The zero-order valence-electron chi connectivity index (χ0n) is 8.72. The first kappa shape index (κ1) is 12.5. The fourth-order valence-corrected chi connectivity index (χ4v) is 1.87. The molecule has 0 atom stereocenters. The molecule has 0 fully saturated rings. The summed E-state index contributed by atoms with van der Waals surface area (Å²) in [5.74, 6) is 0.376. The molecule has 0 unspecified atom stereocenters. The lowest BCUT2D eigenvalue weighted by molar-refractivity contribution is 0.331. The topological polar surface area (TPSA) is 35.2 Å². The van der Waals surface area contributed by atoms with Gasteiger partial charge in [-0.3, -0.25) is 0 Å². The van der Waals surface area contributed by atoms with Gasteiger partial charge in [0.15, 0.2) is 0 Å². The fourth-order valence-electron chi connectivity index (χ4n) is 1.39. The van der Waals surface area contributed by atoms with Crippen molar-refractivity contribution in [1.29, 1.82) is 0 Å². The van der Waals surface area contributed by atoms with Gasteiger partial charge in [-0.2, -0.15) is 0 Å². The van der Waals surface area contributed by atoms with Gasteiger partial charge < -0.3 is 10.5 Å². The van der Waals surface area contributed by atoms with Crippen LogP contribution in [0, 0.1) is 5.82 Å². The highest BCUT2D eigenvalue weighted by Crippen LogP contribution is 2.31. The van der Waals surface area contributed by atoms with E-state index >= 15 is 0 Å². The van der Waals surface area contributed by atoms with E-state index in [9.17, 15) is 4.39 Å². The van der Waals surface area contributed by atoms with E-state index < -0.39 is 0 Å². The van der Waals surface area contributed by atoms with Crippen LogP contribution in [0.4, 0.5) is 4.39 Å². The number of ether oxygens (including phenoxy) is 1. The van der Waals surface area contributed by atoms with Crippen molar-refractivity contribution in [2.45, 2.75) is 19.8 Å². The average molecular weight is 276 g/mol. The zero-order chi connectivity index (χ0) is 11.3. The maximum atomic E-state index is 13.5. The summed E-state index contributed by atoms with van der Waals surface area (Å²) in [5, 5.41) is 0. The lowest BCUT2D eigenvalue weighted by Crippen LogP contribution is -2.05. The summed E-state index contributed by atoms with van der Waals surface area (Å²) in [6.07, 6.45) is 1.37. The number of rotatable bonds is 5. The van der Waals surface area contributed by atoms with Crippen molar-refractivity contribution in [2.75, 3.05) is 13.2 Å². The second kappa shape index (κ2) is 6.08. The van der Waals surface area contributed by atoms with E-state index in [0.29, 0.717) is 30.9 Å². The standard InChI is InChI=1S/C11H15BrFNO/c1-2-15-11-8(4-3-7-14)10(13)6-5-9(11)12/h5-6H,2-4,7,14H2,1H3. The van der Waals surface area contributed by atoms with Crippen LogP contribution in [-0.4, -0.2) is 13.2 Å². The second-order valence-corrected chi connectivity index (χ2v) is 4.02. The van der Waals surface area contributed by atoms with Gasteiger partial charge in [0, 0.05) is 5.56 Å². The van der Waals surface area contributed by atoms with Gasteiger partial charge in [-0.15, -0.1) is 0 Å². The lowest BCUT2D eigenvalue weighted by atomic mass is 10.1. The van der Waals surface area contributed by atoms with Gasteiger partial charge in [0.25, 0.3) is 0 Å². The smallest absolute Gasteiger partial charge is 0.139 e. The Morgan fingerprint density at radius 3 is 2.80 bits per heavy atom. The molecule has 0 saturated carbocycles. The SMILES string of the molecule is CCOc1c(Br)ccc(F)c1CCCN. The summed E-state index contributed by atoms with van der Waals surface area (Å²) >= 11 is 3.35. The van der Waals surface area contributed by atoms with Crippen LogP contribution in [-0.2, 0) is 6.42 Å². The first-order valence-electron chi connectivity index (χ1n) is 5.00. The predicted molar refractivity (Wildman–Crippen MR) is 62.6 cm³/mol. The molecule has 2 N–H and O–H groups in total. The van der Waals surface area contributed by atoms with Crippen LogP contribution in [0.2, 0.25) is 0 Å². The summed E-state index contributed by atoms with van der Waals surface area (Å²) in [6.45, 7) is 2.96. The normalized spacial score (nSPS) is 10.4. The summed E-state index contributed by atoms with van der Waals surface area (Å²) < 4.78 is 19.7. The van der Waals surface area contributed by atoms with Gasteiger partial charge in [-0.1, -0.05) is 0 Å². The molecule has 1 aromatic carbocycles. The molecule has 0 spiro atoms. The van der Waals surface area contributed by atoms with Gasteiger partial charge >= 0.3 is 0 Å². The highest BCUT2D eigenvalue weighted by atomic mass is 79.9. The number of benzene rings is 1. The van der Waals surface area contributed by atoms with E-state index in [-0.39, 0.29) is 5.82 Å². The fraction of sp³-hybridized carbons (Fsp3) is 0.455. The maximum absolute atomic E-state index is 13.5. The van der Waals surface area contributed by atoms with Crippen LogP contribution >= 0.6 is 15.9 Å². The molecule has 15 heavy (non-hydrogen) atoms. The first-order valence-corrected chi connectivity index (χ1v) is 5.79. The third-order valence-corrected chi connectivity index (χ3v) is 2.70. The molecule has 4 heteroatoms. The minimum atomic E-state index is -0.227. The lowest BCUT2D eigenvalue weighted by Gasteiger charge is -2.12. The Balaban J connectivity index is 3.01. The Labute approximate surface area is 97.7 Å². The van der Waals surface area contributed by atoms with Crippen LogP contribution in [0.3, 0.4) is 0 Å². The van der Waals surface area contributed by atoms with Crippen LogP contribution in [0.1, 0.15) is 18.9 Å². The molecule has 84 valence electrons. The summed E-state index contributed by atoms with van der Waals surface area (Å²) in [5.41, 5.74) is 6.02. The van der Waals surface area contributed by atoms with Crippen molar-refractivity contribution in [3.63, 3.8) is 0 Å². The minimum absolute atomic E-state index is 0.227. The summed E-state index contributed by atoms with van der Waals surface area (Å²) in [6, 6.07) is 3.10. The molecular formula is C11H15BrFNO. The highest BCUT2D eigenvalue weighted by molar-refractivity contribution is 9.10. The molecule has 0 bridgehead atoms. The molecule has 0 aliphatic rings. The number of hydrogen-bond acceptors (Lipinski definition) is 2. The van der Waals surface area contributed by atoms with Gasteiger partial charge in [0.05, 0.1) is 11.1 Å². The van der Waals surface area contributed by atoms with E-state index in [1.54, 1.807) is 6.07 Å². The average Bonchev–Trinajstić information content (AvgIpc) is 2.23. The van der Waals surface area contributed by atoms with Crippen LogP contribution in [0.5, 0.6) is 5.75 Å². The quantitative estimate of drug-likeness (QED) is 0.897. The number of halogens is 2. The van der Waals surface area contributed by atoms with Crippen molar-refractivity contribution in [3.8, 4) is 5.75 Å². The third-order valence-electron chi connectivity index (χ3n) is 2.07. The first-order chi connectivity index (χ1) is 7.20. The number of nitrogens with two attached hydrogens (primary N) is 1. The van der Waals surface area contributed by atoms with Gasteiger partial charge in [0.2, 0.25) is 0 Å². The second-order valence-electron chi connectivity index (χ2n) is 3.16. The minimum Gasteiger partial charge on any atom is -0.492 e. The van der Waals surface area contributed by atoms with E-state index in [1.807, 2.05) is 6.92 Å². The maximum Gasteiger partial charge on any atom is 0.139 e. The van der Waals surface area contributed by atoms with Gasteiger partial charge in [-0.25, -0.2) is 4.39 Å². The van der Waals surface area contributed by atoms with Crippen LogP contribution in [0.25, 0.3) is 0 Å². The molecule has 0 heterocycles. The Kier molecular flexibility index (Phi) is 5.05. The molecule has 0 saturated heterocycles. The van der Waals surface area contributed by atoms with E-state index in [1.165, 1.54) is 6.07 Å². The molecule has 0 aliphatic carbocycles. The van der Waals surface area contributed by atoms with Crippen molar-refractivity contribution in [3.05, 3.63) is 28.0 Å².